The van der Waals surface area contributed by atoms with Gasteiger partial charge in [0.2, 0.25) is 0 Å². The molecule has 0 spiro atoms. The zero-order valence-corrected chi connectivity index (χ0v) is 11.3. The standard InChI is InChI=1S/C16H15N3O/c1-2-19-16(17-11-18-19)10-15(20)14-9-5-7-12-6-3-4-8-13(12)14/h3-9,11H,2,10H2,1H3. The zero-order chi connectivity index (χ0) is 13.9. The van der Waals surface area contributed by atoms with Crippen LogP contribution in [0.3, 0.4) is 0 Å². The number of fused-ring (bicyclic) bond motifs is 1. The number of carbonyl (C=O) groups is 1. The van der Waals surface area contributed by atoms with Crippen molar-refractivity contribution in [2.24, 2.45) is 0 Å². The average molecular weight is 265 g/mol. The van der Waals surface area contributed by atoms with Crippen LogP contribution in [0.4, 0.5) is 0 Å². The lowest BCUT2D eigenvalue weighted by atomic mass is 10.00. The molecule has 0 radical (unpaired) electrons. The van der Waals surface area contributed by atoms with E-state index in [9.17, 15) is 4.79 Å². The smallest absolute Gasteiger partial charge is 0.171 e. The number of carbonyl (C=O) groups excluding carboxylic acids is 1. The molecule has 0 N–H and O–H groups in total. The van der Waals surface area contributed by atoms with Gasteiger partial charge < -0.3 is 0 Å². The van der Waals surface area contributed by atoms with Crippen molar-refractivity contribution in [1.82, 2.24) is 14.8 Å². The van der Waals surface area contributed by atoms with Gasteiger partial charge in [-0.05, 0) is 17.7 Å². The average Bonchev–Trinajstić information content (AvgIpc) is 2.93. The fraction of sp³-hybridized carbons (Fsp3) is 0.188. The van der Waals surface area contributed by atoms with E-state index in [0.29, 0.717) is 5.82 Å². The highest BCUT2D eigenvalue weighted by Gasteiger charge is 2.13. The molecule has 0 aliphatic heterocycles. The van der Waals surface area contributed by atoms with Crippen LogP contribution in [0.5, 0.6) is 0 Å². The number of hydrogen-bond donors (Lipinski definition) is 0. The molecule has 0 bridgehead atoms. The summed E-state index contributed by atoms with van der Waals surface area (Å²) in [4.78, 5) is 16.7. The normalized spacial score (nSPS) is 10.8. The number of hydrogen-bond acceptors (Lipinski definition) is 3. The molecule has 0 unspecified atom stereocenters. The summed E-state index contributed by atoms with van der Waals surface area (Å²) in [6.07, 6.45) is 1.77. The Balaban J connectivity index is 1.97. The van der Waals surface area contributed by atoms with Gasteiger partial charge in [-0.3, -0.25) is 4.79 Å². The number of ketones is 1. The second-order valence-electron chi connectivity index (χ2n) is 4.62. The van der Waals surface area contributed by atoms with E-state index in [0.717, 1.165) is 22.9 Å². The Bertz CT molecular complexity index is 756. The molecule has 1 aromatic heterocycles. The highest BCUT2D eigenvalue weighted by atomic mass is 16.1. The van der Waals surface area contributed by atoms with E-state index in [4.69, 9.17) is 0 Å². The Morgan fingerprint density at radius 1 is 1.15 bits per heavy atom. The first-order chi connectivity index (χ1) is 9.79. The second-order valence-corrected chi connectivity index (χ2v) is 4.62. The quantitative estimate of drug-likeness (QED) is 0.681. The number of aromatic nitrogens is 3. The zero-order valence-electron chi connectivity index (χ0n) is 11.3. The lowest BCUT2D eigenvalue weighted by Crippen LogP contribution is -2.11. The Morgan fingerprint density at radius 3 is 2.80 bits per heavy atom. The predicted molar refractivity (Wildman–Crippen MR) is 77.7 cm³/mol. The molecule has 100 valence electrons. The van der Waals surface area contributed by atoms with Crippen molar-refractivity contribution in [3.05, 3.63) is 60.2 Å². The maximum absolute atomic E-state index is 12.5. The summed E-state index contributed by atoms with van der Waals surface area (Å²) in [7, 11) is 0. The minimum Gasteiger partial charge on any atom is -0.294 e. The topological polar surface area (TPSA) is 47.8 Å². The molecule has 0 amide bonds. The van der Waals surface area contributed by atoms with Crippen molar-refractivity contribution in [3.8, 4) is 0 Å². The van der Waals surface area contributed by atoms with E-state index < -0.39 is 0 Å². The van der Waals surface area contributed by atoms with Gasteiger partial charge in [-0.25, -0.2) is 9.67 Å². The van der Waals surface area contributed by atoms with Gasteiger partial charge in [0.25, 0.3) is 0 Å². The Labute approximate surface area is 117 Å². The Morgan fingerprint density at radius 2 is 1.95 bits per heavy atom. The van der Waals surface area contributed by atoms with E-state index in [-0.39, 0.29) is 12.2 Å². The summed E-state index contributed by atoms with van der Waals surface area (Å²) in [5.74, 6) is 0.787. The molecule has 0 saturated heterocycles. The van der Waals surface area contributed by atoms with E-state index >= 15 is 0 Å². The summed E-state index contributed by atoms with van der Waals surface area (Å²) in [5, 5.41) is 6.16. The van der Waals surface area contributed by atoms with E-state index in [1.165, 1.54) is 6.33 Å². The van der Waals surface area contributed by atoms with Gasteiger partial charge in [0.15, 0.2) is 5.78 Å². The molecular formula is C16H15N3O. The molecule has 4 heteroatoms. The molecule has 0 aliphatic carbocycles. The van der Waals surface area contributed by atoms with Crippen LogP contribution >= 0.6 is 0 Å². The minimum atomic E-state index is 0.0736. The lowest BCUT2D eigenvalue weighted by Gasteiger charge is -2.06. The molecule has 20 heavy (non-hydrogen) atoms. The predicted octanol–water partition coefficient (Wildman–Crippen LogP) is 2.88. The van der Waals surface area contributed by atoms with Gasteiger partial charge in [-0.2, -0.15) is 5.10 Å². The number of nitrogens with zero attached hydrogens (tertiary/aromatic N) is 3. The SMILES string of the molecule is CCn1ncnc1CC(=O)c1cccc2ccccc12. The van der Waals surface area contributed by atoms with Gasteiger partial charge in [-0.15, -0.1) is 0 Å². The Kier molecular flexibility index (Phi) is 3.29. The third-order valence-corrected chi connectivity index (χ3v) is 3.40. The first kappa shape index (κ1) is 12.5. The minimum absolute atomic E-state index is 0.0736. The molecule has 4 nitrogen and oxygen atoms in total. The first-order valence-corrected chi connectivity index (χ1v) is 6.67. The van der Waals surface area contributed by atoms with Gasteiger partial charge in [-0.1, -0.05) is 42.5 Å². The third-order valence-electron chi connectivity index (χ3n) is 3.40. The summed E-state index contributed by atoms with van der Waals surface area (Å²) in [5.41, 5.74) is 0.744. The van der Waals surface area contributed by atoms with Crippen LogP contribution in [0.15, 0.2) is 48.8 Å². The maximum atomic E-state index is 12.5. The van der Waals surface area contributed by atoms with Gasteiger partial charge in [0.1, 0.15) is 12.2 Å². The van der Waals surface area contributed by atoms with E-state index in [2.05, 4.69) is 10.1 Å². The van der Waals surface area contributed by atoms with Crippen LogP contribution in [0.2, 0.25) is 0 Å². The molecule has 0 atom stereocenters. The summed E-state index contributed by atoms with van der Waals surface area (Å²) in [6.45, 7) is 2.71. The Hall–Kier alpha value is -2.49. The molecule has 0 saturated carbocycles. The number of aryl methyl sites for hydroxylation is 1. The third kappa shape index (κ3) is 2.20. The molecule has 1 heterocycles. The van der Waals surface area contributed by atoms with Crippen molar-refractivity contribution in [2.75, 3.05) is 0 Å². The highest BCUT2D eigenvalue weighted by molar-refractivity contribution is 6.08. The molecule has 0 fully saturated rings. The fourth-order valence-corrected chi connectivity index (χ4v) is 2.40. The van der Waals surface area contributed by atoms with E-state index in [1.807, 2.05) is 49.4 Å². The molecular weight excluding hydrogens is 250 g/mol. The van der Waals surface area contributed by atoms with Crippen molar-refractivity contribution in [2.45, 2.75) is 19.9 Å². The highest BCUT2D eigenvalue weighted by Crippen LogP contribution is 2.19. The molecule has 2 aromatic carbocycles. The number of benzene rings is 2. The van der Waals surface area contributed by atoms with Crippen LogP contribution in [-0.4, -0.2) is 20.5 Å². The van der Waals surface area contributed by atoms with Gasteiger partial charge >= 0.3 is 0 Å². The second kappa shape index (κ2) is 5.25. The molecule has 0 aliphatic rings. The van der Waals surface area contributed by atoms with Crippen molar-refractivity contribution >= 4 is 16.6 Å². The fourth-order valence-electron chi connectivity index (χ4n) is 2.40. The van der Waals surface area contributed by atoms with Crippen LogP contribution < -0.4 is 0 Å². The first-order valence-electron chi connectivity index (χ1n) is 6.67. The monoisotopic (exact) mass is 265 g/mol. The summed E-state index contributed by atoms with van der Waals surface area (Å²) >= 11 is 0. The van der Waals surface area contributed by atoms with Crippen LogP contribution in [0.25, 0.3) is 10.8 Å². The maximum Gasteiger partial charge on any atom is 0.171 e. The van der Waals surface area contributed by atoms with Crippen molar-refractivity contribution in [3.63, 3.8) is 0 Å². The van der Waals surface area contributed by atoms with Crippen molar-refractivity contribution < 1.29 is 4.79 Å². The van der Waals surface area contributed by atoms with E-state index in [1.54, 1.807) is 4.68 Å². The van der Waals surface area contributed by atoms with Crippen LogP contribution in [0.1, 0.15) is 23.1 Å². The lowest BCUT2D eigenvalue weighted by molar-refractivity contribution is 0.0991. The number of Topliss-reactive ketones (excluding diaryl/α,β-unsaturated/α-hetero) is 1. The van der Waals surface area contributed by atoms with Crippen LogP contribution in [-0.2, 0) is 13.0 Å². The summed E-state index contributed by atoms with van der Waals surface area (Å²) < 4.78 is 1.75. The molecule has 3 rings (SSSR count). The van der Waals surface area contributed by atoms with Crippen molar-refractivity contribution in [1.29, 1.82) is 0 Å². The number of rotatable bonds is 4. The van der Waals surface area contributed by atoms with Gasteiger partial charge in [0, 0.05) is 12.1 Å². The largest absolute Gasteiger partial charge is 0.294 e. The van der Waals surface area contributed by atoms with Crippen LogP contribution in [0, 0.1) is 0 Å². The van der Waals surface area contributed by atoms with Gasteiger partial charge in [0.05, 0.1) is 6.42 Å². The summed E-state index contributed by atoms with van der Waals surface area (Å²) in [6, 6.07) is 13.7. The molecule has 3 aromatic rings.